The molecule has 3 N–H and O–H groups in total. The van der Waals surface area contributed by atoms with Crippen LogP contribution in [0.3, 0.4) is 0 Å². The van der Waals surface area contributed by atoms with Gasteiger partial charge in [0.25, 0.3) is 5.91 Å². The van der Waals surface area contributed by atoms with Crippen molar-refractivity contribution in [2.75, 3.05) is 18.8 Å². The van der Waals surface area contributed by atoms with Crippen LogP contribution in [-0.4, -0.2) is 46.1 Å². The molecule has 0 spiro atoms. The van der Waals surface area contributed by atoms with Crippen LogP contribution in [0.1, 0.15) is 10.4 Å². The quantitative estimate of drug-likeness (QED) is 0.855. The van der Waals surface area contributed by atoms with Crippen molar-refractivity contribution in [2.24, 2.45) is 11.8 Å². The number of carboxylic acid groups (broad SMARTS) is 1. The zero-order valence-corrected chi connectivity index (χ0v) is 14.0. The molecule has 0 bridgehead atoms. The third-order valence-corrected chi connectivity index (χ3v) is 4.61. The van der Waals surface area contributed by atoms with Crippen molar-refractivity contribution in [1.29, 1.82) is 0 Å². The maximum Gasteiger partial charge on any atom is 0.394 e. The summed E-state index contributed by atoms with van der Waals surface area (Å²) in [6.07, 6.45) is -3.37. The van der Waals surface area contributed by atoms with Gasteiger partial charge in [0.2, 0.25) is 0 Å². The van der Waals surface area contributed by atoms with Crippen LogP contribution in [-0.2, 0) is 4.79 Å². The predicted molar refractivity (Wildman–Crippen MR) is 90.7 cm³/mol. The summed E-state index contributed by atoms with van der Waals surface area (Å²) >= 11 is 0. The molecule has 142 valence electrons. The molecule has 9 heteroatoms. The summed E-state index contributed by atoms with van der Waals surface area (Å²) in [6.45, 7) is -1.25. The Kier molecular flexibility index (Phi) is 4.77. The average Bonchev–Trinajstić information content (AvgIpc) is 3.08. The highest BCUT2D eigenvalue weighted by Gasteiger charge is 2.53. The number of amides is 1. The number of likely N-dealkylation sites (tertiary alicyclic amines) is 1. The van der Waals surface area contributed by atoms with Crippen LogP contribution in [0.2, 0.25) is 0 Å². The molecule has 1 saturated heterocycles. The summed E-state index contributed by atoms with van der Waals surface area (Å²) in [5, 5.41) is 9.09. The Morgan fingerprint density at radius 1 is 1.15 bits per heavy atom. The Labute approximate surface area is 152 Å². The molecule has 1 aromatic carbocycles. The number of aromatic nitrogens is 1. The lowest BCUT2D eigenvalue weighted by Gasteiger charge is -2.19. The number of halogens is 3. The summed E-state index contributed by atoms with van der Waals surface area (Å²) < 4.78 is 39.4. The van der Waals surface area contributed by atoms with Crippen molar-refractivity contribution in [3.63, 3.8) is 0 Å². The molecule has 0 aliphatic carbocycles. The first-order valence-corrected chi connectivity index (χ1v) is 8.09. The SMILES string of the molecule is Nc1c(C(=O)N2C[C@@H](C(F)(F)F)[C@H](C(=O)O)C2)ccnc1-c1ccccc1. The van der Waals surface area contributed by atoms with Crippen LogP contribution in [0.5, 0.6) is 0 Å². The molecule has 1 amide bonds. The van der Waals surface area contributed by atoms with Crippen LogP contribution in [0.15, 0.2) is 42.6 Å². The Hall–Kier alpha value is -3.10. The number of nitrogens with zero attached hydrogens (tertiary/aromatic N) is 2. The van der Waals surface area contributed by atoms with E-state index in [9.17, 15) is 22.8 Å². The third-order valence-electron chi connectivity index (χ3n) is 4.61. The Morgan fingerprint density at radius 2 is 1.81 bits per heavy atom. The number of pyridine rings is 1. The van der Waals surface area contributed by atoms with E-state index in [4.69, 9.17) is 10.8 Å². The van der Waals surface area contributed by atoms with E-state index in [1.807, 2.05) is 0 Å². The molecule has 2 aromatic rings. The van der Waals surface area contributed by atoms with Gasteiger partial charge >= 0.3 is 12.1 Å². The van der Waals surface area contributed by atoms with Gasteiger partial charge in [-0.05, 0) is 6.07 Å². The molecule has 1 aliphatic heterocycles. The Bertz CT molecular complexity index is 871. The normalized spacial score (nSPS) is 19.9. The van der Waals surface area contributed by atoms with Gasteiger partial charge in [0.05, 0.1) is 28.8 Å². The fourth-order valence-corrected chi connectivity index (χ4v) is 3.21. The minimum atomic E-state index is -4.71. The number of hydrogen-bond acceptors (Lipinski definition) is 4. The van der Waals surface area contributed by atoms with Gasteiger partial charge in [-0.25, -0.2) is 0 Å². The van der Waals surface area contributed by atoms with Crippen molar-refractivity contribution in [3.05, 3.63) is 48.2 Å². The molecule has 0 saturated carbocycles. The topological polar surface area (TPSA) is 96.5 Å². The molecule has 2 atom stereocenters. The van der Waals surface area contributed by atoms with Crippen LogP contribution in [0.25, 0.3) is 11.3 Å². The maximum atomic E-state index is 13.1. The molecular formula is C18H16F3N3O3. The minimum Gasteiger partial charge on any atom is -0.481 e. The number of anilines is 1. The Balaban J connectivity index is 1.92. The van der Waals surface area contributed by atoms with Crippen LogP contribution < -0.4 is 5.73 Å². The number of rotatable bonds is 3. The smallest absolute Gasteiger partial charge is 0.394 e. The maximum absolute atomic E-state index is 13.1. The zero-order chi connectivity index (χ0) is 19.8. The molecule has 0 radical (unpaired) electrons. The molecule has 0 unspecified atom stereocenters. The van der Waals surface area contributed by atoms with Gasteiger partial charge in [0, 0.05) is 24.8 Å². The van der Waals surface area contributed by atoms with Gasteiger partial charge in [-0.1, -0.05) is 30.3 Å². The van der Waals surface area contributed by atoms with E-state index in [0.29, 0.717) is 11.3 Å². The lowest BCUT2D eigenvalue weighted by molar-refractivity contribution is -0.187. The number of carbonyl (C=O) groups excluding carboxylic acids is 1. The molecular weight excluding hydrogens is 363 g/mol. The van der Waals surface area contributed by atoms with Crippen LogP contribution in [0, 0.1) is 11.8 Å². The van der Waals surface area contributed by atoms with Gasteiger partial charge in [-0.3, -0.25) is 14.6 Å². The number of carboxylic acids is 1. The third kappa shape index (κ3) is 3.57. The van der Waals surface area contributed by atoms with E-state index < -0.39 is 43.0 Å². The number of alkyl halides is 3. The van der Waals surface area contributed by atoms with E-state index in [1.165, 1.54) is 12.3 Å². The van der Waals surface area contributed by atoms with Crippen molar-refractivity contribution in [3.8, 4) is 11.3 Å². The standard InChI is InChI=1S/C18H16F3N3O3/c19-18(20,21)13-9-24(8-12(13)17(26)27)16(25)11-6-7-23-15(14(11)22)10-4-2-1-3-5-10/h1-7,12-13H,8-9,22H2,(H,26,27)/t12-,13-/m1/s1. The second kappa shape index (κ2) is 6.90. The van der Waals surface area contributed by atoms with Gasteiger partial charge in [-0.15, -0.1) is 0 Å². The molecule has 27 heavy (non-hydrogen) atoms. The predicted octanol–water partition coefficient (Wildman–Crippen LogP) is 2.67. The van der Waals surface area contributed by atoms with Gasteiger partial charge < -0.3 is 15.7 Å². The second-order valence-corrected chi connectivity index (χ2v) is 6.29. The summed E-state index contributed by atoms with van der Waals surface area (Å²) in [5.74, 6) is -6.15. The van der Waals surface area contributed by atoms with E-state index in [0.717, 1.165) is 4.90 Å². The first-order chi connectivity index (χ1) is 12.7. The lowest BCUT2D eigenvalue weighted by atomic mass is 9.96. The zero-order valence-electron chi connectivity index (χ0n) is 14.0. The van der Waals surface area contributed by atoms with Crippen LogP contribution >= 0.6 is 0 Å². The fraction of sp³-hybridized carbons (Fsp3) is 0.278. The fourth-order valence-electron chi connectivity index (χ4n) is 3.21. The average molecular weight is 379 g/mol. The number of benzene rings is 1. The number of aliphatic carboxylic acids is 1. The summed E-state index contributed by atoms with van der Waals surface area (Å²) in [5.41, 5.74) is 7.08. The second-order valence-electron chi connectivity index (χ2n) is 6.29. The largest absolute Gasteiger partial charge is 0.481 e. The highest BCUT2D eigenvalue weighted by Crippen LogP contribution is 2.38. The number of hydrogen-bond donors (Lipinski definition) is 2. The van der Waals surface area contributed by atoms with Gasteiger partial charge in [-0.2, -0.15) is 13.2 Å². The van der Waals surface area contributed by atoms with Gasteiger partial charge in [0.15, 0.2) is 0 Å². The monoisotopic (exact) mass is 379 g/mol. The molecule has 1 aromatic heterocycles. The number of carbonyl (C=O) groups is 2. The van der Waals surface area contributed by atoms with Crippen molar-refractivity contribution < 1.29 is 27.9 Å². The van der Waals surface area contributed by atoms with Crippen molar-refractivity contribution in [2.45, 2.75) is 6.18 Å². The number of nitrogens with two attached hydrogens (primary N) is 1. The Morgan fingerprint density at radius 3 is 2.37 bits per heavy atom. The molecule has 1 fully saturated rings. The first-order valence-electron chi connectivity index (χ1n) is 8.09. The summed E-state index contributed by atoms with van der Waals surface area (Å²) in [7, 11) is 0. The van der Waals surface area contributed by atoms with E-state index in [2.05, 4.69) is 4.98 Å². The molecule has 6 nitrogen and oxygen atoms in total. The molecule has 2 heterocycles. The molecule has 3 rings (SSSR count). The van der Waals surface area contributed by atoms with E-state index in [-0.39, 0.29) is 11.3 Å². The highest BCUT2D eigenvalue weighted by atomic mass is 19.4. The molecule has 1 aliphatic rings. The lowest BCUT2D eigenvalue weighted by Crippen LogP contribution is -2.34. The summed E-state index contributed by atoms with van der Waals surface area (Å²) in [4.78, 5) is 29.0. The van der Waals surface area contributed by atoms with Crippen molar-refractivity contribution in [1.82, 2.24) is 9.88 Å². The number of nitrogen functional groups attached to an aromatic ring is 1. The van der Waals surface area contributed by atoms with E-state index >= 15 is 0 Å². The summed E-state index contributed by atoms with van der Waals surface area (Å²) in [6, 6.07) is 10.1. The first kappa shape index (κ1) is 18.7. The van der Waals surface area contributed by atoms with Gasteiger partial charge in [0.1, 0.15) is 0 Å². The highest BCUT2D eigenvalue weighted by molar-refractivity contribution is 6.02. The minimum absolute atomic E-state index is 0.00387. The van der Waals surface area contributed by atoms with Crippen molar-refractivity contribution >= 4 is 17.6 Å². The van der Waals surface area contributed by atoms with E-state index in [1.54, 1.807) is 30.3 Å². The van der Waals surface area contributed by atoms with Crippen LogP contribution in [0.4, 0.5) is 18.9 Å².